The van der Waals surface area contributed by atoms with Gasteiger partial charge in [0.2, 0.25) is 0 Å². The lowest BCUT2D eigenvalue weighted by Crippen LogP contribution is -2.12. The SMILES string of the molecule is CCCCCCCC(C(=O)O)=C(CCCCCCC(C)C)C(=O)O. The van der Waals surface area contributed by atoms with Gasteiger partial charge in [-0.15, -0.1) is 0 Å². The van der Waals surface area contributed by atoms with Gasteiger partial charge in [0.25, 0.3) is 0 Å². The molecule has 0 saturated heterocycles. The summed E-state index contributed by atoms with van der Waals surface area (Å²) in [6.45, 7) is 6.53. The topological polar surface area (TPSA) is 74.6 Å². The summed E-state index contributed by atoms with van der Waals surface area (Å²) in [4.78, 5) is 22.9. The van der Waals surface area contributed by atoms with Gasteiger partial charge >= 0.3 is 11.9 Å². The third-order valence-electron chi connectivity index (χ3n) is 4.37. The summed E-state index contributed by atoms with van der Waals surface area (Å²) in [5.74, 6) is -1.43. The Kier molecular flexibility index (Phi) is 13.3. The molecule has 4 heteroatoms. The summed E-state index contributed by atoms with van der Waals surface area (Å²) in [5.41, 5.74) is 0.225. The van der Waals surface area contributed by atoms with E-state index in [1.807, 2.05) is 0 Å². The Morgan fingerprint density at radius 1 is 0.708 bits per heavy atom. The minimum Gasteiger partial charge on any atom is -0.478 e. The van der Waals surface area contributed by atoms with Crippen molar-refractivity contribution in [2.45, 2.75) is 97.8 Å². The Bertz CT molecular complexity index is 396. The number of carbonyl (C=O) groups is 2. The van der Waals surface area contributed by atoms with E-state index in [1.165, 1.54) is 6.42 Å². The van der Waals surface area contributed by atoms with Crippen molar-refractivity contribution in [2.24, 2.45) is 5.92 Å². The number of hydrogen-bond donors (Lipinski definition) is 2. The maximum absolute atomic E-state index is 11.5. The largest absolute Gasteiger partial charge is 0.478 e. The predicted molar refractivity (Wildman–Crippen MR) is 98.2 cm³/mol. The molecule has 0 aromatic rings. The van der Waals surface area contributed by atoms with Gasteiger partial charge in [-0.3, -0.25) is 0 Å². The molecule has 0 fully saturated rings. The van der Waals surface area contributed by atoms with Crippen LogP contribution in [0.25, 0.3) is 0 Å². The van der Waals surface area contributed by atoms with Gasteiger partial charge in [-0.05, 0) is 31.6 Å². The van der Waals surface area contributed by atoms with Crippen LogP contribution in [0.3, 0.4) is 0 Å². The molecule has 0 aliphatic carbocycles. The van der Waals surface area contributed by atoms with E-state index in [0.717, 1.165) is 57.8 Å². The third kappa shape index (κ3) is 11.3. The van der Waals surface area contributed by atoms with Gasteiger partial charge in [-0.2, -0.15) is 0 Å². The van der Waals surface area contributed by atoms with Crippen molar-refractivity contribution in [1.29, 1.82) is 0 Å². The number of carboxylic acids is 2. The summed E-state index contributed by atoms with van der Waals surface area (Å²) < 4.78 is 0. The van der Waals surface area contributed by atoms with Crippen LogP contribution in [0.15, 0.2) is 11.1 Å². The van der Waals surface area contributed by atoms with E-state index in [4.69, 9.17) is 0 Å². The molecule has 0 aromatic carbocycles. The minimum atomic E-state index is -1.07. The van der Waals surface area contributed by atoms with Crippen LogP contribution in [0.5, 0.6) is 0 Å². The Hall–Kier alpha value is -1.32. The smallest absolute Gasteiger partial charge is 0.332 e. The van der Waals surface area contributed by atoms with Crippen LogP contribution in [0.2, 0.25) is 0 Å². The summed E-state index contributed by atoms with van der Waals surface area (Å²) in [7, 11) is 0. The average molecular weight is 341 g/mol. The number of rotatable bonds is 15. The van der Waals surface area contributed by atoms with Crippen molar-refractivity contribution in [3.63, 3.8) is 0 Å². The molecular formula is C20H36O4. The number of hydrogen-bond acceptors (Lipinski definition) is 2. The molecule has 140 valence electrons. The Morgan fingerprint density at radius 3 is 1.50 bits per heavy atom. The lowest BCUT2D eigenvalue weighted by atomic mass is 9.96. The second-order valence-electron chi connectivity index (χ2n) is 7.08. The monoisotopic (exact) mass is 340 g/mol. The molecule has 0 aromatic heterocycles. The summed E-state index contributed by atoms with van der Waals surface area (Å²) in [6, 6.07) is 0. The van der Waals surface area contributed by atoms with Gasteiger partial charge in [-0.1, -0.05) is 72.1 Å². The first-order valence-corrected chi connectivity index (χ1v) is 9.58. The molecule has 0 heterocycles. The highest BCUT2D eigenvalue weighted by molar-refractivity contribution is 5.98. The van der Waals surface area contributed by atoms with Crippen molar-refractivity contribution >= 4 is 11.9 Å². The van der Waals surface area contributed by atoms with Gasteiger partial charge in [0.15, 0.2) is 0 Å². The summed E-state index contributed by atoms with van der Waals surface area (Å²) in [6.07, 6.45) is 11.0. The van der Waals surface area contributed by atoms with Crippen LogP contribution in [-0.4, -0.2) is 22.2 Å². The van der Waals surface area contributed by atoms with E-state index in [9.17, 15) is 19.8 Å². The highest BCUT2D eigenvalue weighted by Crippen LogP contribution is 2.21. The maximum atomic E-state index is 11.5. The second kappa shape index (κ2) is 14.1. The van der Waals surface area contributed by atoms with Crippen molar-refractivity contribution in [3.8, 4) is 0 Å². The quantitative estimate of drug-likeness (QED) is 0.291. The van der Waals surface area contributed by atoms with Crippen LogP contribution in [0.4, 0.5) is 0 Å². The van der Waals surface area contributed by atoms with E-state index in [0.29, 0.717) is 18.8 Å². The Morgan fingerprint density at radius 2 is 1.12 bits per heavy atom. The van der Waals surface area contributed by atoms with Crippen molar-refractivity contribution in [2.75, 3.05) is 0 Å². The predicted octanol–water partition coefficient (Wildman–Crippen LogP) is 5.81. The van der Waals surface area contributed by atoms with E-state index in [2.05, 4.69) is 20.8 Å². The van der Waals surface area contributed by atoms with E-state index < -0.39 is 11.9 Å². The molecule has 0 radical (unpaired) electrons. The molecule has 0 bridgehead atoms. The molecular weight excluding hydrogens is 304 g/mol. The zero-order valence-corrected chi connectivity index (χ0v) is 15.8. The Labute approximate surface area is 147 Å². The summed E-state index contributed by atoms with van der Waals surface area (Å²) >= 11 is 0. The van der Waals surface area contributed by atoms with E-state index in [1.54, 1.807) is 0 Å². The molecule has 0 spiro atoms. The second-order valence-corrected chi connectivity index (χ2v) is 7.08. The zero-order chi connectivity index (χ0) is 18.4. The van der Waals surface area contributed by atoms with Crippen LogP contribution in [0, 0.1) is 5.92 Å². The van der Waals surface area contributed by atoms with Crippen LogP contribution in [-0.2, 0) is 9.59 Å². The van der Waals surface area contributed by atoms with Gasteiger partial charge in [0.1, 0.15) is 0 Å². The van der Waals surface area contributed by atoms with Crippen molar-refractivity contribution in [3.05, 3.63) is 11.1 Å². The van der Waals surface area contributed by atoms with Crippen molar-refractivity contribution in [1.82, 2.24) is 0 Å². The number of aliphatic carboxylic acids is 2. The fraction of sp³-hybridized carbons (Fsp3) is 0.800. The fourth-order valence-electron chi connectivity index (χ4n) is 2.89. The third-order valence-corrected chi connectivity index (χ3v) is 4.37. The van der Waals surface area contributed by atoms with Crippen LogP contribution >= 0.6 is 0 Å². The number of unbranched alkanes of at least 4 members (excludes halogenated alkanes) is 7. The molecule has 0 aliphatic heterocycles. The van der Waals surface area contributed by atoms with Crippen LogP contribution < -0.4 is 0 Å². The lowest BCUT2D eigenvalue weighted by Gasteiger charge is -2.10. The highest BCUT2D eigenvalue weighted by atomic mass is 16.4. The van der Waals surface area contributed by atoms with Gasteiger partial charge in [0, 0.05) is 11.1 Å². The Balaban J connectivity index is 4.47. The first-order chi connectivity index (χ1) is 11.4. The van der Waals surface area contributed by atoms with Crippen molar-refractivity contribution < 1.29 is 19.8 Å². The van der Waals surface area contributed by atoms with E-state index >= 15 is 0 Å². The molecule has 0 atom stereocenters. The molecule has 0 aliphatic rings. The molecule has 24 heavy (non-hydrogen) atoms. The van der Waals surface area contributed by atoms with Crippen LogP contribution in [0.1, 0.15) is 97.8 Å². The molecule has 2 N–H and O–H groups in total. The molecule has 0 rings (SSSR count). The summed E-state index contributed by atoms with van der Waals surface area (Å²) in [5, 5.41) is 18.8. The average Bonchev–Trinajstić information content (AvgIpc) is 2.50. The number of carboxylic acid groups (broad SMARTS) is 2. The van der Waals surface area contributed by atoms with Gasteiger partial charge < -0.3 is 10.2 Å². The van der Waals surface area contributed by atoms with Gasteiger partial charge in [-0.25, -0.2) is 9.59 Å². The zero-order valence-electron chi connectivity index (χ0n) is 15.8. The molecule has 4 nitrogen and oxygen atoms in total. The van der Waals surface area contributed by atoms with Gasteiger partial charge in [0.05, 0.1) is 0 Å². The highest BCUT2D eigenvalue weighted by Gasteiger charge is 2.19. The fourth-order valence-corrected chi connectivity index (χ4v) is 2.89. The lowest BCUT2D eigenvalue weighted by molar-refractivity contribution is -0.136. The molecule has 0 unspecified atom stereocenters. The minimum absolute atomic E-state index is 0.112. The normalized spacial score (nSPS) is 12.3. The molecule has 0 amide bonds. The maximum Gasteiger partial charge on any atom is 0.332 e. The first-order valence-electron chi connectivity index (χ1n) is 9.58. The van der Waals surface area contributed by atoms with E-state index in [-0.39, 0.29) is 11.1 Å². The molecule has 0 saturated carbocycles. The standard InChI is InChI=1S/C20H36O4/c1-4-5-6-7-11-14-17(19(21)22)18(20(23)24)15-12-9-8-10-13-16(2)3/h16H,4-15H2,1-3H3,(H,21,22)(H,23,24). The first kappa shape index (κ1) is 22.7.